The Bertz CT molecular complexity index is 954. The van der Waals surface area contributed by atoms with Crippen molar-refractivity contribution < 1.29 is 24.2 Å². The number of rotatable bonds is 11. The Labute approximate surface area is 229 Å². The van der Waals surface area contributed by atoms with E-state index in [1.165, 1.54) is 0 Å². The number of fused-ring (bicyclic) bond motifs is 1. The maximum absolute atomic E-state index is 14.7. The van der Waals surface area contributed by atoms with E-state index in [1.54, 1.807) is 29.0 Å². The molecule has 0 aromatic heterocycles. The molecule has 0 aromatic rings. The predicted molar refractivity (Wildman–Crippen MR) is 148 cm³/mol. The van der Waals surface area contributed by atoms with Gasteiger partial charge in [-0.05, 0) is 44.4 Å². The summed E-state index contributed by atoms with van der Waals surface area (Å²) in [6.45, 7) is 22.4. The van der Waals surface area contributed by atoms with E-state index in [2.05, 4.69) is 33.9 Å². The number of carbonyl (C=O) groups excluding carboxylic acids is 3. The zero-order valence-electron chi connectivity index (χ0n) is 24.7. The fourth-order valence-electron chi connectivity index (χ4n) is 7.47. The first-order chi connectivity index (χ1) is 17.6. The fraction of sp³-hybridized carbons (Fsp3) is 0.767. The minimum atomic E-state index is -1.10. The lowest BCUT2D eigenvalue weighted by atomic mass is 9.70. The zero-order valence-corrected chi connectivity index (χ0v) is 24.7. The molecular weight excluding hydrogens is 482 g/mol. The summed E-state index contributed by atoms with van der Waals surface area (Å²) >= 11 is 0. The molecule has 0 saturated carbocycles. The van der Waals surface area contributed by atoms with Gasteiger partial charge in [0, 0.05) is 25.7 Å². The van der Waals surface area contributed by atoms with Crippen molar-refractivity contribution in [2.24, 2.45) is 23.2 Å². The summed E-state index contributed by atoms with van der Waals surface area (Å²) in [5.41, 5.74) is -1.68. The molecule has 3 aliphatic rings. The third-order valence-corrected chi connectivity index (χ3v) is 8.62. The van der Waals surface area contributed by atoms with Crippen LogP contribution < -0.4 is 0 Å². The number of hydrogen-bond acceptors (Lipinski definition) is 5. The molecule has 8 heteroatoms. The molecule has 1 spiro atoms. The number of carbonyl (C=O) groups is 3. The number of aliphatic hydroxyl groups is 1. The van der Waals surface area contributed by atoms with Gasteiger partial charge in [-0.25, -0.2) is 0 Å². The van der Waals surface area contributed by atoms with Gasteiger partial charge < -0.3 is 24.5 Å². The molecule has 6 atom stereocenters. The molecule has 3 saturated heterocycles. The van der Waals surface area contributed by atoms with Crippen molar-refractivity contribution in [3.63, 3.8) is 0 Å². The summed E-state index contributed by atoms with van der Waals surface area (Å²) in [4.78, 5) is 47.6. The molecule has 2 unspecified atom stereocenters. The second-order valence-electron chi connectivity index (χ2n) is 13.6. The lowest BCUT2D eigenvalue weighted by Crippen LogP contribution is -2.63. The lowest BCUT2D eigenvalue weighted by Gasteiger charge is -2.46. The summed E-state index contributed by atoms with van der Waals surface area (Å²) in [5.74, 6) is -2.16. The minimum absolute atomic E-state index is 0.0453. The molecule has 3 rings (SSSR count). The largest absolute Gasteiger partial charge is 0.394 e. The van der Waals surface area contributed by atoms with Crippen molar-refractivity contribution in [1.82, 2.24) is 14.7 Å². The van der Waals surface area contributed by atoms with Crippen LogP contribution in [0.15, 0.2) is 25.3 Å². The molecule has 3 fully saturated rings. The fourth-order valence-corrected chi connectivity index (χ4v) is 7.47. The van der Waals surface area contributed by atoms with Gasteiger partial charge in [0.1, 0.15) is 11.6 Å². The van der Waals surface area contributed by atoms with Crippen LogP contribution in [0.25, 0.3) is 0 Å². The van der Waals surface area contributed by atoms with Crippen LogP contribution in [-0.2, 0) is 19.1 Å². The van der Waals surface area contributed by atoms with Crippen molar-refractivity contribution in [3.8, 4) is 0 Å². The van der Waals surface area contributed by atoms with E-state index in [9.17, 15) is 19.5 Å². The number of likely N-dealkylation sites (N-methyl/N-ethyl adjacent to an activating group) is 1. The molecule has 0 aliphatic carbocycles. The quantitative estimate of drug-likeness (QED) is 0.414. The molecule has 0 radical (unpaired) electrons. The molecule has 2 bridgehead atoms. The van der Waals surface area contributed by atoms with Crippen molar-refractivity contribution in [1.29, 1.82) is 0 Å². The van der Waals surface area contributed by atoms with Gasteiger partial charge in [0.05, 0.1) is 30.6 Å². The summed E-state index contributed by atoms with van der Waals surface area (Å²) < 4.78 is 6.61. The van der Waals surface area contributed by atoms with Crippen molar-refractivity contribution in [2.75, 3.05) is 26.7 Å². The second kappa shape index (κ2) is 10.8. The Morgan fingerprint density at radius 1 is 1.16 bits per heavy atom. The highest BCUT2D eigenvalue weighted by Gasteiger charge is 2.75. The highest BCUT2D eigenvalue weighted by molar-refractivity contribution is 5.99. The Hall–Kier alpha value is -2.19. The average Bonchev–Trinajstić information content (AvgIpc) is 3.43. The number of amides is 3. The predicted octanol–water partition coefficient (Wildman–Crippen LogP) is 3.25. The van der Waals surface area contributed by atoms with Gasteiger partial charge in [-0.3, -0.25) is 14.4 Å². The van der Waals surface area contributed by atoms with Crippen LogP contribution in [0.2, 0.25) is 0 Å². The lowest BCUT2D eigenvalue weighted by molar-refractivity contribution is -0.156. The van der Waals surface area contributed by atoms with Crippen molar-refractivity contribution in [2.45, 2.75) is 97.1 Å². The van der Waals surface area contributed by atoms with Gasteiger partial charge in [0.15, 0.2) is 0 Å². The summed E-state index contributed by atoms with van der Waals surface area (Å²) in [7, 11) is 1.70. The third kappa shape index (κ3) is 5.06. The first kappa shape index (κ1) is 30.4. The van der Waals surface area contributed by atoms with Crippen LogP contribution in [0, 0.1) is 23.2 Å². The highest BCUT2D eigenvalue weighted by atomic mass is 16.5. The molecule has 0 aromatic carbocycles. The van der Waals surface area contributed by atoms with E-state index in [4.69, 9.17) is 4.74 Å². The zero-order chi connectivity index (χ0) is 28.8. The standard InChI is InChI=1S/C30H49N3O5/c1-11-15-31(10)25(35)22-21-13-14-30(38-21)23(22)26(36)33(20(17-34)19(3)4)24(30)27(37)32(16-12-2)29(8,9)18-28(5,6)7/h11-12,19-24,34H,1-2,13-18H2,3-10H3/t20-,21-,22+,23-,24?,30?/m0/s1. The summed E-state index contributed by atoms with van der Waals surface area (Å²) in [6.07, 6.45) is 4.83. The summed E-state index contributed by atoms with van der Waals surface area (Å²) in [5, 5.41) is 10.4. The second-order valence-corrected chi connectivity index (χ2v) is 13.6. The number of aliphatic hydroxyl groups excluding tert-OH is 1. The van der Waals surface area contributed by atoms with Gasteiger partial charge in [0.25, 0.3) is 0 Å². The highest BCUT2D eigenvalue weighted by Crippen LogP contribution is 2.59. The molecule has 3 amide bonds. The maximum atomic E-state index is 14.7. The van der Waals surface area contributed by atoms with Gasteiger partial charge in [-0.1, -0.05) is 46.8 Å². The van der Waals surface area contributed by atoms with Crippen molar-refractivity contribution >= 4 is 17.7 Å². The Kier molecular flexibility index (Phi) is 8.60. The molecule has 38 heavy (non-hydrogen) atoms. The van der Waals surface area contributed by atoms with E-state index in [0.717, 1.165) is 6.42 Å². The van der Waals surface area contributed by atoms with E-state index in [1.807, 2.05) is 32.6 Å². The number of hydrogen-bond donors (Lipinski definition) is 1. The summed E-state index contributed by atoms with van der Waals surface area (Å²) in [6, 6.07) is -1.50. The van der Waals surface area contributed by atoms with Crippen LogP contribution in [0.1, 0.15) is 67.7 Å². The van der Waals surface area contributed by atoms with E-state index in [0.29, 0.717) is 25.9 Å². The molecule has 1 N–H and O–H groups in total. The normalized spacial score (nSPS) is 29.4. The molecule has 3 aliphatic heterocycles. The van der Waals surface area contributed by atoms with Gasteiger partial charge in [-0.2, -0.15) is 0 Å². The molecule has 8 nitrogen and oxygen atoms in total. The van der Waals surface area contributed by atoms with Gasteiger partial charge >= 0.3 is 0 Å². The van der Waals surface area contributed by atoms with Crippen LogP contribution in [0.3, 0.4) is 0 Å². The van der Waals surface area contributed by atoms with E-state index < -0.39 is 41.2 Å². The average molecular weight is 532 g/mol. The Balaban J connectivity index is 2.15. The molecule has 214 valence electrons. The Morgan fingerprint density at radius 3 is 2.26 bits per heavy atom. The van der Waals surface area contributed by atoms with Crippen LogP contribution in [0.5, 0.6) is 0 Å². The number of nitrogens with zero attached hydrogens (tertiary/aromatic N) is 3. The molecule has 3 heterocycles. The first-order valence-electron chi connectivity index (χ1n) is 14.0. The number of ether oxygens (including phenoxy) is 1. The SMILES string of the molecule is C=CCN(C)C(=O)[C@@H]1[C@@H]2CCC3(O2)C(C(=O)N(CC=C)C(C)(C)CC(C)(C)C)N([C@@H](CO)C(C)C)C(=O)[C@H]13. The van der Waals surface area contributed by atoms with E-state index in [-0.39, 0.29) is 35.7 Å². The minimum Gasteiger partial charge on any atom is -0.394 e. The number of likely N-dealkylation sites (tertiary alicyclic amines) is 1. The third-order valence-electron chi connectivity index (χ3n) is 8.62. The smallest absolute Gasteiger partial charge is 0.249 e. The first-order valence-corrected chi connectivity index (χ1v) is 14.0. The van der Waals surface area contributed by atoms with E-state index >= 15 is 0 Å². The monoisotopic (exact) mass is 531 g/mol. The van der Waals surface area contributed by atoms with Gasteiger partial charge in [0.2, 0.25) is 17.7 Å². The maximum Gasteiger partial charge on any atom is 0.249 e. The van der Waals surface area contributed by atoms with Crippen LogP contribution >= 0.6 is 0 Å². The van der Waals surface area contributed by atoms with Crippen LogP contribution in [0.4, 0.5) is 0 Å². The molecular formula is C30H49N3O5. The van der Waals surface area contributed by atoms with Crippen molar-refractivity contribution in [3.05, 3.63) is 25.3 Å². The Morgan fingerprint density at radius 2 is 1.76 bits per heavy atom. The van der Waals surface area contributed by atoms with Gasteiger partial charge in [-0.15, -0.1) is 13.2 Å². The topological polar surface area (TPSA) is 90.4 Å². The van der Waals surface area contributed by atoms with Crippen LogP contribution in [-0.4, -0.2) is 93.6 Å².